The molecule has 0 N–H and O–H groups in total. The van der Waals surface area contributed by atoms with Crippen LogP contribution in [-0.4, -0.2) is 12.9 Å². The second kappa shape index (κ2) is 4.84. The molecule has 0 heterocycles. The van der Waals surface area contributed by atoms with E-state index >= 15 is 0 Å². The van der Waals surface area contributed by atoms with Crippen molar-refractivity contribution in [2.45, 2.75) is 19.3 Å². The van der Waals surface area contributed by atoms with Gasteiger partial charge in [0.1, 0.15) is 0 Å². The highest BCUT2D eigenvalue weighted by Gasteiger charge is 2.16. The van der Waals surface area contributed by atoms with E-state index in [9.17, 15) is 4.79 Å². The molecule has 0 saturated heterocycles. The van der Waals surface area contributed by atoms with Crippen molar-refractivity contribution < 1.29 is 14.3 Å². The first-order valence-electron chi connectivity index (χ1n) is 5.35. The van der Waals surface area contributed by atoms with Gasteiger partial charge < -0.3 is 9.47 Å². The van der Waals surface area contributed by atoms with Crippen LogP contribution in [0.3, 0.4) is 0 Å². The van der Waals surface area contributed by atoms with Crippen LogP contribution in [0.5, 0.6) is 11.5 Å². The minimum atomic E-state index is 0.0668. The molecule has 0 bridgehead atoms. The SMILES string of the molecule is COc1ccccc1OC1=CCCCC1=O. The van der Waals surface area contributed by atoms with Crippen molar-refractivity contribution in [3.63, 3.8) is 0 Å². The molecule has 1 aromatic carbocycles. The van der Waals surface area contributed by atoms with Crippen LogP contribution in [0.2, 0.25) is 0 Å². The Balaban J connectivity index is 2.20. The fourth-order valence-electron chi connectivity index (χ4n) is 1.65. The molecule has 1 aliphatic rings. The van der Waals surface area contributed by atoms with E-state index < -0.39 is 0 Å². The van der Waals surface area contributed by atoms with E-state index in [2.05, 4.69) is 0 Å². The van der Waals surface area contributed by atoms with Gasteiger partial charge in [-0.2, -0.15) is 0 Å². The van der Waals surface area contributed by atoms with Gasteiger partial charge in [-0.15, -0.1) is 0 Å². The predicted molar refractivity (Wildman–Crippen MR) is 60.6 cm³/mol. The molecule has 0 atom stereocenters. The van der Waals surface area contributed by atoms with Crippen LogP contribution in [0.4, 0.5) is 0 Å². The van der Waals surface area contributed by atoms with Gasteiger partial charge in [-0.3, -0.25) is 4.79 Å². The Morgan fingerprint density at radius 3 is 2.62 bits per heavy atom. The maximum Gasteiger partial charge on any atom is 0.197 e. The van der Waals surface area contributed by atoms with E-state index in [4.69, 9.17) is 9.47 Å². The minimum Gasteiger partial charge on any atom is -0.493 e. The zero-order valence-corrected chi connectivity index (χ0v) is 9.23. The Kier molecular flexibility index (Phi) is 3.25. The van der Waals surface area contributed by atoms with Crippen molar-refractivity contribution in [1.82, 2.24) is 0 Å². The normalized spacial score (nSPS) is 15.6. The topological polar surface area (TPSA) is 35.5 Å². The third-order valence-corrected chi connectivity index (χ3v) is 2.50. The van der Waals surface area contributed by atoms with Crippen molar-refractivity contribution in [2.24, 2.45) is 0 Å². The minimum absolute atomic E-state index is 0.0668. The van der Waals surface area contributed by atoms with Crippen molar-refractivity contribution in [3.05, 3.63) is 36.1 Å². The number of ether oxygens (including phenoxy) is 2. The largest absolute Gasteiger partial charge is 0.493 e. The number of allylic oxidation sites excluding steroid dienone is 2. The number of benzene rings is 1. The summed E-state index contributed by atoms with van der Waals surface area (Å²) in [7, 11) is 1.58. The summed E-state index contributed by atoms with van der Waals surface area (Å²) < 4.78 is 10.7. The first-order chi connectivity index (χ1) is 7.81. The fraction of sp³-hybridized carbons (Fsp3) is 0.308. The van der Waals surface area contributed by atoms with Gasteiger partial charge in [0.15, 0.2) is 23.0 Å². The summed E-state index contributed by atoms with van der Waals surface area (Å²) >= 11 is 0. The fourth-order valence-corrected chi connectivity index (χ4v) is 1.65. The lowest BCUT2D eigenvalue weighted by Gasteiger charge is -2.14. The summed E-state index contributed by atoms with van der Waals surface area (Å²) in [5.41, 5.74) is 0. The lowest BCUT2D eigenvalue weighted by molar-refractivity contribution is -0.118. The van der Waals surface area contributed by atoms with E-state index in [1.807, 2.05) is 24.3 Å². The molecule has 0 saturated carbocycles. The summed E-state index contributed by atoms with van der Waals surface area (Å²) in [5.74, 6) is 1.74. The molecule has 0 fully saturated rings. The van der Waals surface area contributed by atoms with Gasteiger partial charge in [-0.05, 0) is 31.1 Å². The summed E-state index contributed by atoms with van der Waals surface area (Å²) in [6.07, 6.45) is 4.23. The highest BCUT2D eigenvalue weighted by molar-refractivity contribution is 5.94. The quantitative estimate of drug-likeness (QED) is 0.782. The molecule has 0 amide bonds. The number of hydrogen-bond acceptors (Lipinski definition) is 3. The van der Waals surface area contributed by atoms with E-state index in [1.165, 1.54) is 0 Å². The molecule has 16 heavy (non-hydrogen) atoms. The highest BCUT2D eigenvalue weighted by atomic mass is 16.5. The van der Waals surface area contributed by atoms with Crippen LogP contribution in [0, 0.1) is 0 Å². The summed E-state index contributed by atoms with van der Waals surface area (Å²) in [6, 6.07) is 7.32. The molecule has 84 valence electrons. The number of Topliss-reactive ketones (excluding diaryl/α,β-unsaturated/α-hetero) is 1. The van der Waals surface area contributed by atoms with Gasteiger partial charge in [0.2, 0.25) is 0 Å². The Bertz CT molecular complexity index is 421. The number of para-hydroxylation sites is 2. The third kappa shape index (κ3) is 2.24. The second-order valence-corrected chi connectivity index (χ2v) is 3.64. The van der Waals surface area contributed by atoms with Crippen LogP contribution in [0.15, 0.2) is 36.1 Å². The molecule has 0 spiro atoms. The van der Waals surface area contributed by atoms with Gasteiger partial charge in [-0.25, -0.2) is 0 Å². The third-order valence-electron chi connectivity index (χ3n) is 2.50. The van der Waals surface area contributed by atoms with Gasteiger partial charge >= 0.3 is 0 Å². The molecule has 0 aromatic heterocycles. The number of rotatable bonds is 3. The maximum atomic E-state index is 11.6. The maximum absolute atomic E-state index is 11.6. The molecular formula is C13H14O3. The molecule has 1 aliphatic carbocycles. The van der Waals surface area contributed by atoms with Gasteiger partial charge in [0, 0.05) is 6.42 Å². The summed E-state index contributed by atoms with van der Waals surface area (Å²) in [4.78, 5) is 11.6. The molecule has 0 unspecified atom stereocenters. The molecule has 3 nitrogen and oxygen atoms in total. The Morgan fingerprint density at radius 2 is 1.94 bits per heavy atom. The Labute approximate surface area is 94.7 Å². The van der Waals surface area contributed by atoms with E-state index in [0.29, 0.717) is 23.7 Å². The number of ketones is 1. The van der Waals surface area contributed by atoms with Crippen LogP contribution >= 0.6 is 0 Å². The number of hydrogen-bond donors (Lipinski definition) is 0. The lowest BCUT2D eigenvalue weighted by atomic mass is 10.1. The molecule has 1 aromatic rings. The molecule has 0 radical (unpaired) electrons. The van der Waals surface area contributed by atoms with Crippen LogP contribution in [-0.2, 0) is 4.79 Å². The standard InChI is InChI=1S/C13H14O3/c1-15-12-8-4-5-9-13(12)16-11-7-3-2-6-10(11)14/h4-5,7-9H,2-3,6H2,1H3. The van der Waals surface area contributed by atoms with E-state index in [1.54, 1.807) is 13.2 Å². The number of carbonyl (C=O) groups is 1. The van der Waals surface area contributed by atoms with E-state index in [-0.39, 0.29) is 5.78 Å². The molecule has 0 aliphatic heterocycles. The van der Waals surface area contributed by atoms with Crippen molar-refractivity contribution in [3.8, 4) is 11.5 Å². The highest BCUT2D eigenvalue weighted by Crippen LogP contribution is 2.29. The number of methoxy groups -OCH3 is 1. The molecule has 3 heteroatoms. The van der Waals surface area contributed by atoms with Crippen molar-refractivity contribution in [2.75, 3.05) is 7.11 Å². The Morgan fingerprint density at radius 1 is 1.19 bits per heavy atom. The van der Waals surface area contributed by atoms with Crippen LogP contribution < -0.4 is 9.47 Å². The van der Waals surface area contributed by atoms with Crippen molar-refractivity contribution in [1.29, 1.82) is 0 Å². The van der Waals surface area contributed by atoms with Crippen molar-refractivity contribution >= 4 is 5.78 Å². The van der Waals surface area contributed by atoms with Crippen LogP contribution in [0.1, 0.15) is 19.3 Å². The first kappa shape index (κ1) is 10.7. The lowest BCUT2D eigenvalue weighted by Crippen LogP contribution is -2.12. The second-order valence-electron chi connectivity index (χ2n) is 3.64. The predicted octanol–water partition coefficient (Wildman–Crippen LogP) is 2.71. The summed E-state index contributed by atoms with van der Waals surface area (Å²) in [5, 5.41) is 0. The van der Waals surface area contributed by atoms with Gasteiger partial charge in [0.05, 0.1) is 7.11 Å². The van der Waals surface area contributed by atoms with Gasteiger partial charge in [0.25, 0.3) is 0 Å². The molecule has 2 rings (SSSR count). The molecular weight excluding hydrogens is 204 g/mol. The number of carbonyl (C=O) groups excluding carboxylic acids is 1. The Hall–Kier alpha value is -1.77. The van der Waals surface area contributed by atoms with E-state index in [0.717, 1.165) is 12.8 Å². The first-order valence-corrected chi connectivity index (χ1v) is 5.35. The average molecular weight is 218 g/mol. The van der Waals surface area contributed by atoms with Crippen LogP contribution in [0.25, 0.3) is 0 Å². The summed E-state index contributed by atoms with van der Waals surface area (Å²) in [6.45, 7) is 0. The zero-order valence-electron chi connectivity index (χ0n) is 9.23. The van der Waals surface area contributed by atoms with Gasteiger partial charge in [-0.1, -0.05) is 12.1 Å². The smallest absolute Gasteiger partial charge is 0.197 e. The zero-order chi connectivity index (χ0) is 11.4. The average Bonchev–Trinajstić information content (AvgIpc) is 2.33. The monoisotopic (exact) mass is 218 g/mol.